The van der Waals surface area contributed by atoms with E-state index >= 15 is 0 Å². The van der Waals surface area contributed by atoms with Crippen LogP contribution in [0, 0.1) is 0 Å². The molecule has 5 aromatic rings. The van der Waals surface area contributed by atoms with Crippen molar-refractivity contribution < 1.29 is 18.7 Å². The lowest BCUT2D eigenvalue weighted by molar-refractivity contribution is -0.121. The van der Waals surface area contributed by atoms with Crippen LogP contribution in [0.1, 0.15) is 5.56 Å². The van der Waals surface area contributed by atoms with E-state index < -0.39 is 11.2 Å². The average Bonchev–Trinajstić information content (AvgIpc) is 3.31. The monoisotopic (exact) mass is 499 g/mol. The standard InChI is InChI=1S/C28H25N3O6/c1-35-22-13-12-18(16-23(22)36-2)14-15-29-24(32)17-30-25-20-10-6-7-11-21(20)37-26(25)27(33)31(28(30)34)19-8-4-3-5-9-19/h3-13,16H,14-15,17H2,1-2H3,(H,29,32). The number of hydrogen-bond donors (Lipinski definition) is 1. The molecule has 0 spiro atoms. The van der Waals surface area contributed by atoms with Crippen LogP contribution in [0.5, 0.6) is 11.5 Å². The van der Waals surface area contributed by atoms with Crippen LogP contribution in [0.15, 0.2) is 86.8 Å². The van der Waals surface area contributed by atoms with Gasteiger partial charge >= 0.3 is 11.2 Å². The lowest BCUT2D eigenvalue weighted by atomic mass is 10.1. The van der Waals surface area contributed by atoms with Crippen LogP contribution < -0.4 is 26.0 Å². The van der Waals surface area contributed by atoms with Crippen LogP contribution in [0.4, 0.5) is 0 Å². The van der Waals surface area contributed by atoms with Gasteiger partial charge in [-0.3, -0.25) is 14.2 Å². The van der Waals surface area contributed by atoms with Crippen LogP contribution in [0.25, 0.3) is 27.8 Å². The Kier molecular flexibility index (Phi) is 6.51. The molecular formula is C28H25N3O6. The fraction of sp³-hybridized carbons (Fsp3) is 0.179. The Balaban J connectivity index is 1.47. The van der Waals surface area contributed by atoms with E-state index in [4.69, 9.17) is 13.9 Å². The Morgan fingerprint density at radius 3 is 2.41 bits per heavy atom. The second kappa shape index (κ2) is 10.1. The summed E-state index contributed by atoms with van der Waals surface area (Å²) in [6, 6.07) is 21.2. The Hall–Kier alpha value is -4.79. The Bertz CT molecular complexity index is 1720. The molecule has 1 amide bonds. The molecule has 2 heterocycles. The number of ether oxygens (including phenoxy) is 2. The summed E-state index contributed by atoms with van der Waals surface area (Å²) < 4.78 is 18.8. The zero-order valence-electron chi connectivity index (χ0n) is 20.4. The second-order valence-electron chi connectivity index (χ2n) is 8.41. The summed E-state index contributed by atoms with van der Waals surface area (Å²) in [6.45, 7) is 0.0641. The lowest BCUT2D eigenvalue weighted by Gasteiger charge is -2.13. The zero-order valence-corrected chi connectivity index (χ0v) is 20.4. The molecule has 0 unspecified atom stereocenters. The molecule has 0 bridgehead atoms. The highest BCUT2D eigenvalue weighted by Crippen LogP contribution is 2.28. The largest absolute Gasteiger partial charge is 0.493 e. The van der Waals surface area contributed by atoms with Crippen molar-refractivity contribution in [2.45, 2.75) is 13.0 Å². The minimum absolute atomic E-state index is 0.0165. The van der Waals surface area contributed by atoms with Gasteiger partial charge in [0.2, 0.25) is 11.5 Å². The molecule has 5 rings (SSSR count). The van der Waals surface area contributed by atoms with Crippen molar-refractivity contribution >= 4 is 28.0 Å². The number of furan rings is 1. The fourth-order valence-corrected chi connectivity index (χ4v) is 4.38. The molecule has 0 aliphatic heterocycles. The van der Waals surface area contributed by atoms with Crippen molar-refractivity contribution in [3.8, 4) is 17.2 Å². The van der Waals surface area contributed by atoms with Gasteiger partial charge in [-0.1, -0.05) is 36.4 Å². The molecule has 0 fully saturated rings. The summed E-state index contributed by atoms with van der Waals surface area (Å²) in [5, 5.41) is 3.45. The third-order valence-electron chi connectivity index (χ3n) is 6.16. The minimum Gasteiger partial charge on any atom is -0.493 e. The van der Waals surface area contributed by atoms with Crippen molar-refractivity contribution in [3.63, 3.8) is 0 Å². The summed E-state index contributed by atoms with van der Waals surface area (Å²) in [5.41, 5.74) is 0.925. The Morgan fingerprint density at radius 1 is 0.919 bits per heavy atom. The topological polar surface area (TPSA) is 105 Å². The van der Waals surface area contributed by atoms with E-state index in [1.165, 1.54) is 4.57 Å². The predicted molar refractivity (Wildman–Crippen MR) is 140 cm³/mol. The van der Waals surface area contributed by atoms with Gasteiger partial charge in [-0.25, -0.2) is 9.36 Å². The number of aromatic nitrogens is 2. The minimum atomic E-state index is -0.620. The highest BCUT2D eigenvalue weighted by atomic mass is 16.5. The SMILES string of the molecule is COc1ccc(CCNC(=O)Cn2c(=O)n(-c3ccccc3)c(=O)c3oc4ccccc4c32)cc1OC. The number of para-hydroxylation sites is 2. The summed E-state index contributed by atoms with van der Waals surface area (Å²) in [7, 11) is 3.14. The average molecular weight is 500 g/mol. The molecular weight excluding hydrogens is 474 g/mol. The molecule has 188 valence electrons. The van der Waals surface area contributed by atoms with Crippen molar-refractivity contribution in [1.82, 2.24) is 14.5 Å². The van der Waals surface area contributed by atoms with Gasteiger partial charge in [-0.05, 0) is 48.4 Å². The normalized spacial score (nSPS) is 11.1. The van der Waals surface area contributed by atoms with Gasteiger partial charge in [0.15, 0.2) is 11.5 Å². The van der Waals surface area contributed by atoms with Gasteiger partial charge in [0, 0.05) is 11.9 Å². The number of amides is 1. The van der Waals surface area contributed by atoms with Crippen LogP contribution >= 0.6 is 0 Å². The van der Waals surface area contributed by atoms with Crippen LogP contribution in [-0.4, -0.2) is 35.8 Å². The second-order valence-corrected chi connectivity index (χ2v) is 8.41. The maximum Gasteiger partial charge on any atom is 0.336 e. The fourth-order valence-electron chi connectivity index (χ4n) is 4.38. The van der Waals surface area contributed by atoms with Crippen LogP contribution in [0.3, 0.4) is 0 Å². The number of carbonyl (C=O) groups is 1. The maximum absolute atomic E-state index is 13.6. The zero-order chi connectivity index (χ0) is 25.9. The molecule has 9 nitrogen and oxygen atoms in total. The molecule has 2 aromatic heterocycles. The van der Waals surface area contributed by atoms with E-state index in [9.17, 15) is 14.4 Å². The first kappa shape index (κ1) is 23.9. The van der Waals surface area contributed by atoms with E-state index in [-0.39, 0.29) is 18.0 Å². The highest BCUT2D eigenvalue weighted by Gasteiger charge is 2.22. The van der Waals surface area contributed by atoms with Gasteiger partial charge in [-0.15, -0.1) is 0 Å². The van der Waals surface area contributed by atoms with E-state index in [0.29, 0.717) is 46.6 Å². The Morgan fingerprint density at radius 2 is 1.65 bits per heavy atom. The van der Waals surface area contributed by atoms with Crippen LogP contribution in [0.2, 0.25) is 0 Å². The maximum atomic E-state index is 13.6. The quantitative estimate of drug-likeness (QED) is 0.351. The van der Waals surface area contributed by atoms with E-state index in [1.54, 1.807) is 68.8 Å². The molecule has 0 saturated heterocycles. The number of fused-ring (bicyclic) bond motifs is 3. The van der Waals surface area contributed by atoms with Gasteiger partial charge in [-0.2, -0.15) is 0 Å². The molecule has 1 N–H and O–H groups in total. The first-order chi connectivity index (χ1) is 18.0. The van der Waals surface area contributed by atoms with Gasteiger partial charge in [0.05, 0.1) is 19.9 Å². The molecule has 0 aliphatic carbocycles. The number of benzene rings is 3. The Labute approximate surface area is 211 Å². The molecule has 37 heavy (non-hydrogen) atoms. The smallest absolute Gasteiger partial charge is 0.336 e. The van der Waals surface area contributed by atoms with Crippen LogP contribution in [-0.2, 0) is 17.8 Å². The van der Waals surface area contributed by atoms with E-state index in [1.807, 2.05) is 18.2 Å². The number of rotatable bonds is 8. The molecule has 0 saturated carbocycles. The first-order valence-electron chi connectivity index (χ1n) is 11.7. The molecule has 0 radical (unpaired) electrons. The van der Waals surface area contributed by atoms with Gasteiger partial charge < -0.3 is 19.2 Å². The number of nitrogens with zero attached hydrogens (tertiary/aromatic N) is 2. The summed E-state index contributed by atoms with van der Waals surface area (Å²) in [6.07, 6.45) is 0.550. The number of nitrogens with one attached hydrogen (secondary N) is 1. The van der Waals surface area contributed by atoms with Crippen molar-refractivity contribution in [3.05, 3.63) is 99.2 Å². The summed E-state index contributed by atoms with van der Waals surface area (Å²) >= 11 is 0. The van der Waals surface area contributed by atoms with Crippen molar-refractivity contribution in [1.29, 1.82) is 0 Å². The summed E-state index contributed by atoms with van der Waals surface area (Å²) in [5.74, 6) is 0.863. The predicted octanol–water partition coefficient (Wildman–Crippen LogP) is 3.27. The number of methoxy groups -OCH3 is 2. The molecule has 0 aliphatic rings. The number of carbonyl (C=O) groups excluding carboxylic acids is 1. The van der Waals surface area contributed by atoms with E-state index in [0.717, 1.165) is 10.1 Å². The van der Waals surface area contributed by atoms with Crippen molar-refractivity contribution in [2.75, 3.05) is 20.8 Å². The molecule has 9 heteroatoms. The molecule has 3 aromatic carbocycles. The van der Waals surface area contributed by atoms with Gasteiger partial charge in [0.1, 0.15) is 17.6 Å². The third-order valence-corrected chi connectivity index (χ3v) is 6.16. The lowest BCUT2D eigenvalue weighted by Crippen LogP contribution is -2.41. The van der Waals surface area contributed by atoms with E-state index in [2.05, 4.69) is 5.32 Å². The summed E-state index contributed by atoms with van der Waals surface area (Å²) in [4.78, 5) is 39.9. The first-order valence-corrected chi connectivity index (χ1v) is 11.7. The van der Waals surface area contributed by atoms with Crippen molar-refractivity contribution in [2.24, 2.45) is 0 Å². The molecule has 0 atom stereocenters. The number of hydrogen-bond acceptors (Lipinski definition) is 6. The highest BCUT2D eigenvalue weighted by molar-refractivity contribution is 6.02. The van der Waals surface area contributed by atoms with Gasteiger partial charge in [0.25, 0.3) is 0 Å². The third kappa shape index (κ3) is 4.47.